The van der Waals surface area contributed by atoms with Crippen LogP contribution in [0.25, 0.3) is 0 Å². The summed E-state index contributed by atoms with van der Waals surface area (Å²) >= 11 is 6.18. The maximum absolute atomic E-state index is 6.18. The average molecular weight is 423 g/mol. The van der Waals surface area contributed by atoms with E-state index < -0.39 is 0 Å². The lowest BCUT2D eigenvalue weighted by Crippen LogP contribution is -2.36. The normalized spacial score (nSPS) is 15.6. The molecule has 1 atom stereocenters. The number of aryl methyl sites for hydroxylation is 1. The number of hydrogen-bond acceptors (Lipinski definition) is 4. The smallest absolute Gasteiger partial charge is 0.161 e. The second kappa shape index (κ2) is 8.97. The number of fused-ring (bicyclic) bond motifs is 1. The Morgan fingerprint density at radius 1 is 1.00 bits per heavy atom. The van der Waals surface area contributed by atoms with Gasteiger partial charge in [-0.05, 0) is 79.8 Å². The molecule has 0 saturated carbocycles. The van der Waals surface area contributed by atoms with Crippen molar-refractivity contribution >= 4 is 17.4 Å². The van der Waals surface area contributed by atoms with Gasteiger partial charge in [-0.3, -0.25) is 0 Å². The van der Waals surface area contributed by atoms with Gasteiger partial charge in [0.15, 0.2) is 11.5 Å². The largest absolute Gasteiger partial charge is 0.490 e. The van der Waals surface area contributed by atoms with Gasteiger partial charge < -0.3 is 14.4 Å². The molecule has 0 bridgehead atoms. The number of benzene rings is 2. The molecule has 1 unspecified atom stereocenters. The predicted molar refractivity (Wildman–Crippen MR) is 122 cm³/mol. The molecule has 4 nitrogen and oxygen atoms in total. The van der Waals surface area contributed by atoms with E-state index >= 15 is 0 Å². The van der Waals surface area contributed by atoms with Crippen LogP contribution in [0, 0.1) is 6.92 Å². The van der Waals surface area contributed by atoms with Crippen LogP contribution in [-0.4, -0.2) is 24.7 Å². The van der Waals surface area contributed by atoms with Crippen LogP contribution in [0.4, 0.5) is 5.82 Å². The Labute approximate surface area is 183 Å². The lowest BCUT2D eigenvalue weighted by molar-refractivity contribution is 0.286. The molecule has 5 heteroatoms. The minimum atomic E-state index is 0.0242. The fraction of sp³-hybridized carbons (Fsp3) is 0.320. The van der Waals surface area contributed by atoms with Crippen LogP contribution in [0.15, 0.2) is 54.7 Å². The third kappa shape index (κ3) is 4.10. The Morgan fingerprint density at radius 2 is 1.70 bits per heavy atom. The summed E-state index contributed by atoms with van der Waals surface area (Å²) < 4.78 is 11.8. The Kier molecular flexibility index (Phi) is 6.14. The maximum atomic E-state index is 6.18. The van der Waals surface area contributed by atoms with E-state index in [1.165, 1.54) is 16.7 Å². The van der Waals surface area contributed by atoms with Crippen molar-refractivity contribution in [2.24, 2.45) is 0 Å². The molecule has 30 heavy (non-hydrogen) atoms. The molecular formula is C25H27ClN2O2. The van der Waals surface area contributed by atoms with Crippen molar-refractivity contribution < 1.29 is 9.47 Å². The molecule has 1 aliphatic rings. The first kappa shape index (κ1) is 20.5. The molecule has 4 rings (SSSR count). The van der Waals surface area contributed by atoms with E-state index in [1.54, 1.807) is 0 Å². The molecule has 0 spiro atoms. The van der Waals surface area contributed by atoms with Gasteiger partial charge in [0.1, 0.15) is 5.82 Å². The zero-order chi connectivity index (χ0) is 21.1. The van der Waals surface area contributed by atoms with Gasteiger partial charge in [-0.15, -0.1) is 0 Å². The molecule has 2 heterocycles. The molecule has 0 saturated heterocycles. The molecule has 0 aliphatic carbocycles. The molecule has 1 aliphatic heterocycles. The Bertz CT molecular complexity index is 1000. The molecule has 3 aromatic rings. The summed E-state index contributed by atoms with van der Waals surface area (Å²) in [7, 11) is 0. The Morgan fingerprint density at radius 3 is 2.33 bits per heavy atom. The molecule has 0 N–H and O–H groups in total. The lowest BCUT2D eigenvalue weighted by atomic mass is 9.87. The van der Waals surface area contributed by atoms with Crippen molar-refractivity contribution in [2.75, 3.05) is 24.7 Å². The van der Waals surface area contributed by atoms with E-state index in [0.717, 1.165) is 40.9 Å². The summed E-state index contributed by atoms with van der Waals surface area (Å²) in [6.07, 6.45) is 2.84. The van der Waals surface area contributed by atoms with Crippen molar-refractivity contribution in [3.8, 4) is 11.5 Å². The summed E-state index contributed by atoms with van der Waals surface area (Å²) in [5.41, 5.74) is 4.83. The third-order valence-electron chi connectivity index (χ3n) is 5.41. The highest BCUT2D eigenvalue weighted by Gasteiger charge is 2.31. The minimum Gasteiger partial charge on any atom is -0.490 e. The summed E-state index contributed by atoms with van der Waals surface area (Å²) in [6.45, 7) is 8.12. The van der Waals surface area contributed by atoms with Gasteiger partial charge in [-0.1, -0.05) is 29.8 Å². The van der Waals surface area contributed by atoms with Crippen LogP contribution in [0.3, 0.4) is 0 Å². The number of anilines is 1. The highest BCUT2D eigenvalue weighted by atomic mass is 35.5. The van der Waals surface area contributed by atoms with Gasteiger partial charge >= 0.3 is 0 Å². The van der Waals surface area contributed by atoms with E-state index in [9.17, 15) is 0 Å². The van der Waals surface area contributed by atoms with E-state index in [0.29, 0.717) is 13.2 Å². The van der Waals surface area contributed by atoms with Crippen molar-refractivity contribution in [3.63, 3.8) is 0 Å². The molecule has 1 aromatic heterocycles. The van der Waals surface area contributed by atoms with Crippen LogP contribution in [0.1, 0.15) is 42.1 Å². The topological polar surface area (TPSA) is 34.6 Å². The van der Waals surface area contributed by atoms with Crippen LogP contribution in [0.5, 0.6) is 11.5 Å². The van der Waals surface area contributed by atoms with Gasteiger partial charge in [0, 0.05) is 17.8 Å². The predicted octanol–water partition coefficient (Wildman–Crippen LogP) is 5.99. The van der Waals surface area contributed by atoms with E-state index in [4.69, 9.17) is 26.1 Å². The summed E-state index contributed by atoms with van der Waals surface area (Å²) in [5.74, 6) is 2.57. The fourth-order valence-electron chi connectivity index (χ4n) is 4.04. The molecule has 156 valence electrons. The number of aromatic nitrogens is 1. The van der Waals surface area contributed by atoms with Gasteiger partial charge in [0.05, 0.1) is 19.3 Å². The van der Waals surface area contributed by atoms with Crippen molar-refractivity contribution in [1.82, 2.24) is 4.98 Å². The first-order valence-electron chi connectivity index (χ1n) is 10.5. The maximum Gasteiger partial charge on any atom is 0.161 e. The van der Waals surface area contributed by atoms with E-state index in [-0.39, 0.29) is 6.04 Å². The van der Waals surface area contributed by atoms with Crippen LogP contribution in [-0.2, 0) is 6.42 Å². The molecule has 0 amide bonds. The zero-order valence-electron chi connectivity index (χ0n) is 17.7. The molecule has 0 radical (unpaired) electrons. The van der Waals surface area contributed by atoms with E-state index in [2.05, 4.69) is 48.2 Å². The van der Waals surface area contributed by atoms with Crippen LogP contribution >= 0.6 is 11.6 Å². The number of hydrogen-bond donors (Lipinski definition) is 0. The number of rotatable bonds is 6. The van der Waals surface area contributed by atoms with Crippen molar-refractivity contribution in [1.29, 1.82) is 0 Å². The summed E-state index contributed by atoms with van der Waals surface area (Å²) in [6, 6.07) is 16.6. The number of ether oxygens (including phenoxy) is 2. The Hall–Kier alpha value is -2.72. The third-order valence-corrected chi connectivity index (χ3v) is 5.66. The molecular weight excluding hydrogens is 396 g/mol. The molecule has 2 aromatic carbocycles. The number of nitrogens with zero attached hydrogens (tertiary/aromatic N) is 2. The average Bonchev–Trinajstić information content (AvgIpc) is 2.75. The summed E-state index contributed by atoms with van der Waals surface area (Å²) in [4.78, 5) is 7.08. The first-order valence-corrected chi connectivity index (χ1v) is 10.9. The lowest BCUT2D eigenvalue weighted by Gasteiger charge is -2.39. The van der Waals surface area contributed by atoms with Crippen LogP contribution in [0.2, 0.25) is 5.02 Å². The fourth-order valence-corrected chi connectivity index (χ4v) is 4.17. The number of pyridine rings is 1. The van der Waals surface area contributed by atoms with Crippen LogP contribution < -0.4 is 14.4 Å². The second-order valence-corrected chi connectivity index (χ2v) is 7.89. The Balaban J connectivity index is 1.85. The number of halogens is 1. The van der Waals surface area contributed by atoms with E-state index in [1.807, 2.05) is 32.2 Å². The van der Waals surface area contributed by atoms with Crippen molar-refractivity contribution in [3.05, 3.63) is 82.0 Å². The highest BCUT2D eigenvalue weighted by molar-refractivity contribution is 6.30. The monoisotopic (exact) mass is 422 g/mol. The standard InChI is InChI=1S/C25H27ClN2O2/c1-4-29-22-14-19-12-13-28(24-11-6-17(3)16-27-24)25(18-7-9-20(26)10-8-18)21(19)15-23(22)30-5-2/h6-11,14-16,25H,4-5,12-13H2,1-3H3. The van der Waals surface area contributed by atoms with Gasteiger partial charge in [-0.25, -0.2) is 4.98 Å². The minimum absolute atomic E-state index is 0.0242. The highest BCUT2D eigenvalue weighted by Crippen LogP contribution is 2.42. The SMILES string of the molecule is CCOc1cc2c(cc1OCC)C(c1ccc(Cl)cc1)N(c1ccc(C)cn1)CC2. The van der Waals surface area contributed by atoms with Gasteiger partial charge in [0.25, 0.3) is 0 Å². The van der Waals surface area contributed by atoms with Crippen molar-refractivity contribution in [2.45, 2.75) is 33.2 Å². The second-order valence-electron chi connectivity index (χ2n) is 7.46. The van der Waals surface area contributed by atoms with Gasteiger partial charge in [0.2, 0.25) is 0 Å². The quantitative estimate of drug-likeness (QED) is 0.488. The summed E-state index contributed by atoms with van der Waals surface area (Å²) in [5, 5.41) is 0.733. The molecule has 0 fully saturated rings. The van der Waals surface area contributed by atoms with Gasteiger partial charge in [-0.2, -0.15) is 0 Å². The first-order chi connectivity index (χ1) is 14.6. The zero-order valence-corrected chi connectivity index (χ0v) is 18.4.